The van der Waals surface area contributed by atoms with Gasteiger partial charge >= 0.3 is 0 Å². The Labute approximate surface area is 63.5 Å². The van der Waals surface area contributed by atoms with Crippen LogP contribution in [0.2, 0.25) is 0 Å². The maximum atomic E-state index is 5.39. The minimum absolute atomic E-state index is 0. The molecule has 1 aliphatic heterocycles. The molecule has 10 heavy (non-hydrogen) atoms. The van der Waals surface area contributed by atoms with Crippen LogP contribution in [0.25, 0.3) is 0 Å². The average molecular weight is 146 g/mol. The lowest BCUT2D eigenvalue weighted by atomic mass is 10.3. The van der Waals surface area contributed by atoms with E-state index in [0.717, 1.165) is 19.6 Å². The van der Waals surface area contributed by atoms with E-state index in [1.54, 1.807) is 0 Å². The Bertz CT molecular complexity index is 79.3. The second-order valence-electron chi connectivity index (χ2n) is 2.51. The molecule has 2 heteroatoms. The Balaban J connectivity index is 0.000000810. The number of hydrogen-bond acceptors (Lipinski definition) is 2. The fraction of sp³-hybridized carbons (Fsp3) is 1.00. The van der Waals surface area contributed by atoms with Crippen LogP contribution in [0.3, 0.4) is 0 Å². The summed E-state index contributed by atoms with van der Waals surface area (Å²) in [5.74, 6) is 0. The summed E-state index contributed by atoms with van der Waals surface area (Å²) in [5, 5.41) is 0. The van der Waals surface area contributed by atoms with Gasteiger partial charge in [0.25, 0.3) is 0 Å². The normalized spacial score (nSPS) is 25.2. The molecule has 62 valence electrons. The molecule has 0 radical (unpaired) electrons. The molecule has 0 saturated carbocycles. The molecule has 1 aliphatic rings. The minimum Gasteiger partial charge on any atom is -0.376 e. The van der Waals surface area contributed by atoms with Gasteiger partial charge in [0.2, 0.25) is 0 Å². The first-order chi connectivity index (χ1) is 4.33. The third kappa shape index (κ3) is 3.85. The second kappa shape index (κ2) is 4.69. The molecule has 0 spiro atoms. The molecule has 0 amide bonds. The predicted molar refractivity (Wildman–Crippen MR) is 42.2 cm³/mol. The lowest BCUT2D eigenvalue weighted by Gasteiger charge is -2.07. The van der Waals surface area contributed by atoms with E-state index in [4.69, 9.17) is 9.47 Å². The first-order valence-corrected chi connectivity index (χ1v) is 3.56. The SMILES string of the molecule is C.CCC(C)OCC1CO1. The fourth-order valence-electron chi connectivity index (χ4n) is 0.554. The maximum absolute atomic E-state index is 5.39. The van der Waals surface area contributed by atoms with Crippen molar-refractivity contribution in [3.63, 3.8) is 0 Å². The summed E-state index contributed by atoms with van der Waals surface area (Å²) in [6, 6.07) is 0. The molecular formula is C8H18O2. The molecule has 1 heterocycles. The molecule has 0 aromatic rings. The number of hydrogen-bond donors (Lipinski definition) is 0. The zero-order chi connectivity index (χ0) is 6.69. The summed E-state index contributed by atoms with van der Waals surface area (Å²) in [5.41, 5.74) is 0. The summed E-state index contributed by atoms with van der Waals surface area (Å²) in [4.78, 5) is 0. The van der Waals surface area contributed by atoms with Crippen molar-refractivity contribution in [2.24, 2.45) is 0 Å². The second-order valence-corrected chi connectivity index (χ2v) is 2.51. The van der Waals surface area contributed by atoms with Crippen LogP contribution in [0, 0.1) is 0 Å². The average Bonchev–Trinajstić information content (AvgIpc) is 2.65. The smallest absolute Gasteiger partial charge is 0.104 e. The van der Waals surface area contributed by atoms with Gasteiger partial charge in [-0.25, -0.2) is 0 Å². The molecule has 0 aliphatic carbocycles. The lowest BCUT2D eigenvalue weighted by Crippen LogP contribution is -2.10. The van der Waals surface area contributed by atoms with Gasteiger partial charge < -0.3 is 9.47 Å². The van der Waals surface area contributed by atoms with E-state index in [-0.39, 0.29) is 7.43 Å². The molecule has 0 N–H and O–H groups in total. The molecular weight excluding hydrogens is 128 g/mol. The monoisotopic (exact) mass is 146 g/mol. The van der Waals surface area contributed by atoms with Gasteiger partial charge in [-0.05, 0) is 13.3 Å². The summed E-state index contributed by atoms with van der Waals surface area (Å²) < 4.78 is 10.4. The fourth-order valence-corrected chi connectivity index (χ4v) is 0.554. The standard InChI is InChI=1S/C7H14O2.CH4/c1-3-6(2)8-4-7-5-9-7;/h6-7H,3-5H2,1-2H3;1H4. The van der Waals surface area contributed by atoms with Gasteiger partial charge in [0, 0.05) is 0 Å². The summed E-state index contributed by atoms with van der Waals surface area (Å²) in [6.07, 6.45) is 1.90. The highest BCUT2D eigenvalue weighted by atomic mass is 16.6. The molecule has 1 saturated heterocycles. The van der Waals surface area contributed by atoms with E-state index >= 15 is 0 Å². The van der Waals surface area contributed by atoms with Crippen LogP contribution in [0.15, 0.2) is 0 Å². The summed E-state index contributed by atoms with van der Waals surface area (Å²) in [6.45, 7) is 5.90. The van der Waals surface area contributed by atoms with E-state index in [9.17, 15) is 0 Å². The lowest BCUT2D eigenvalue weighted by molar-refractivity contribution is 0.0523. The molecule has 1 fully saturated rings. The third-order valence-corrected chi connectivity index (χ3v) is 1.54. The largest absolute Gasteiger partial charge is 0.376 e. The van der Waals surface area contributed by atoms with Gasteiger partial charge in [-0.15, -0.1) is 0 Å². The first kappa shape index (κ1) is 9.92. The molecule has 0 bridgehead atoms. The van der Waals surface area contributed by atoms with E-state index in [1.165, 1.54) is 0 Å². The van der Waals surface area contributed by atoms with Gasteiger partial charge in [0.15, 0.2) is 0 Å². The topological polar surface area (TPSA) is 21.8 Å². The molecule has 1 rings (SSSR count). The van der Waals surface area contributed by atoms with Gasteiger partial charge in [0.1, 0.15) is 6.10 Å². The minimum atomic E-state index is 0. The van der Waals surface area contributed by atoms with Crippen molar-refractivity contribution in [3.05, 3.63) is 0 Å². The van der Waals surface area contributed by atoms with Crippen molar-refractivity contribution in [3.8, 4) is 0 Å². The van der Waals surface area contributed by atoms with E-state index < -0.39 is 0 Å². The van der Waals surface area contributed by atoms with Crippen molar-refractivity contribution in [1.82, 2.24) is 0 Å². The number of rotatable bonds is 4. The van der Waals surface area contributed by atoms with Crippen LogP contribution < -0.4 is 0 Å². The van der Waals surface area contributed by atoms with Gasteiger partial charge in [-0.2, -0.15) is 0 Å². The molecule has 2 nitrogen and oxygen atoms in total. The Kier molecular flexibility index (Phi) is 4.65. The number of ether oxygens (including phenoxy) is 2. The summed E-state index contributed by atoms with van der Waals surface area (Å²) >= 11 is 0. The zero-order valence-corrected chi connectivity index (χ0v) is 6.09. The highest BCUT2D eigenvalue weighted by molar-refractivity contribution is 4.67. The van der Waals surface area contributed by atoms with Gasteiger partial charge in [-0.1, -0.05) is 14.4 Å². The maximum Gasteiger partial charge on any atom is 0.104 e. The van der Waals surface area contributed by atoms with Crippen LogP contribution in [0.1, 0.15) is 27.7 Å². The van der Waals surface area contributed by atoms with Crippen molar-refractivity contribution < 1.29 is 9.47 Å². The Morgan fingerprint density at radius 3 is 2.70 bits per heavy atom. The van der Waals surface area contributed by atoms with E-state index in [2.05, 4.69) is 13.8 Å². The highest BCUT2D eigenvalue weighted by Gasteiger charge is 2.22. The quantitative estimate of drug-likeness (QED) is 0.564. The summed E-state index contributed by atoms with van der Waals surface area (Å²) in [7, 11) is 0. The van der Waals surface area contributed by atoms with E-state index in [0.29, 0.717) is 12.2 Å². The number of epoxide rings is 1. The van der Waals surface area contributed by atoms with Crippen molar-refractivity contribution in [2.75, 3.05) is 13.2 Å². The van der Waals surface area contributed by atoms with Gasteiger partial charge in [-0.3, -0.25) is 0 Å². The molecule has 2 atom stereocenters. The molecule has 2 unspecified atom stereocenters. The predicted octanol–water partition coefficient (Wildman–Crippen LogP) is 1.84. The van der Waals surface area contributed by atoms with Crippen molar-refractivity contribution in [2.45, 2.75) is 39.9 Å². The van der Waals surface area contributed by atoms with Crippen LogP contribution >= 0.6 is 0 Å². The Morgan fingerprint density at radius 2 is 2.30 bits per heavy atom. The van der Waals surface area contributed by atoms with Crippen LogP contribution in [0.4, 0.5) is 0 Å². The molecule has 0 aromatic carbocycles. The van der Waals surface area contributed by atoms with Gasteiger partial charge in [0.05, 0.1) is 19.3 Å². The Hall–Kier alpha value is -0.0800. The van der Waals surface area contributed by atoms with Crippen LogP contribution in [-0.2, 0) is 9.47 Å². The first-order valence-electron chi connectivity index (χ1n) is 3.56. The third-order valence-electron chi connectivity index (χ3n) is 1.54. The van der Waals surface area contributed by atoms with Crippen LogP contribution in [0.5, 0.6) is 0 Å². The zero-order valence-electron chi connectivity index (χ0n) is 6.09. The molecule has 0 aromatic heterocycles. The van der Waals surface area contributed by atoms with Crippen LogP contribution in [-0.4, -0.2) is 25.4 Å². The van der Waals surface area contributed by atoms with E-state index in [1.807, 2.05) is 0 Å². The Morgan fingerprint density at radius 1 is 1.70 bits per heavy atom. The van der Waals surface area contributed by atoms with Crippen molar-refractivity contribution >= 4 is 0 Å². The van der Waals surface area contributed by atoms with Crippen molar-refractivity contribution in [1.29, 1.82) is 0 Å². The highest BCUT2D eigenvalue weighted by Crippen LogP contribution is 2.10.